The van der Waals surface area contributed by atoms with Gasteiger partial charge in [-0.1, -0.05) is 24.3 Å². The van der Waals surface area contributed by atoms with Crippen molar-refractivity contribution in [1.29, 1.82) is 0 Å². The fourth-order valence-electron chi connectivity index (χ4n) is 3.37. The van der Waals surface area contributed by atoms with E-state index in [9.17, 15) is 9.59 Å². The van der Waals surface area contributed by atoms with Crippen LogP contribution < -0.4 is 0 Å². The van der Waals surface area contributed by atoms with Gasteiger partial charge in [0.05, 0.1) is 24.9 Å². The first kappa shape index (κ1) is 17.5. The van der Waals surface area contributed by atoms with E-state index >= 15 is 0 Å². The van der Waals surface area contributed by atoms with E-state index in [4.69, 9.17) is 9.15 Å². The lowest BCUT2D eigenvalue weighted by Crippen LogP contribution is -2.52. The molecule has 5 nitrogen and oxygen atoms in total. The van der Waals surface area contributed by atoms with E-state index in [0.29, 0.717) is 30.8 Å². The lowest BCUT2D eigenvalue weighted by Gasteiger charge is -2.36. The molecule has 3 aromatic rings. The van der Waals surface area contributed by atoms with Crippen LogP contribution in [0, 0.1) is 0 Å². The maximum atomic E-state index is 13.4. The van der Waals surface area contributed by atoms with Crippen LogP contribution in [0.1, 0.15) is 33.5 Å². The van der Waals surface area contributed by atoms with Crippen LogP contribution in [0.25, 0.3) is 0 Å². The second-order valence-corrected chi connectivity index (χ2v) is 7.81. The third-order valence-electron chi connectivity index (χ3n) is 4.68. The molecule has 0 saturated carbocycles. The smallest absolute Gasteiger partial charge is 0.339 e. The molecule has 4 rings (SSSR count). The van der Waals surface area contributed by atoms with Gasteiger partial charge in [-0.3, -0.25) is 4.79 Å². The van der Waals surface area contributed by atoms with Crippen molar-refractivity contribution in [2.75, 3.05) is 0 Å². The molecule has 0 spiro atoms. The fourth-order valence-corrected chi connectivity index (χ4v) is 4.09. The summed E-state index contributed by atoms with van der Waals surface area (Å²) in [5.74, 6) is 0.00275. The molecular weight excluding hydrogens is 362 g/mol. The Balaban J connectivity index is 1.63. The van der Waals surface area contributed by atoms with Gasteiger partial charge in [0, 0.05) is 11.3 Å². The summed E-state index contributed by atoms with van der Waals surface area (Å²) in [7, 11) is 0. The van der Waals surface area contributed by atoms with Gasteiger partial charge in [0.15, 0.2) is 5.60 Å². The number of furan rings is 1. The number of benzene rings is 1. The third kappa shape index (κ3) is 3.53. The fraction of sp³-hybridized carbons (Fsp3) is 0.238. The SMILES string of the molecule is CC1(C(=O)N(Cc2ccco2)Cc2cccs2)Cc2ccccc2C(=O)O1. The summed E-state index contributed by atoms with van der Waals surface area (Å²) in [4.78, 5) is 28.6. The molecule has 0 N–H and O–H groups in total. The van der Waals surface area contributed by atoms with Crippen LogP contribution in [0.2, 0.25) is 0 Å². The number of rotatable bonds is 5. The van der Waals surface area contributed by atoms with Gasteiger partial charge < -0.3 is 14.1 Å². The monoisotopic (exact) mass is 381 g/mol. The zero-order valence-corrected chi connectivity index (χ0v) is 15.7. The Morgan fingerprint density at radius 1 is 1.15 bits per heavy atom. The van der Waals surface area contributed by atoms with Crippen molar-refractivity contribution in [3.05, 3.63) is 81.9 Å². The highest BCUT2D eigenvalue weighted by Crippen LogP contribution is 2.31. The molecule has 1 unspecified atom stereocenters. The summed E-state index contributed by atoms with van der Waals surface area (Å²) < 4.78 is 11.1. The van der Waals surface area contributed by atoms with Crippen LogP contribution in [-0.2, 0) is 29.0 Å². The van der Waals surface area contributed by atoms with Crippen LogP contribution in [0.3, 0.4) is 0 Å². The highest BCUT2D eigenvalue weighted by Gasteiger charge is 2.45. The molecule has 27 heavy (non-hydrogen) atoms. The Bertz CT molecular complexity index is 912. The van der Waals surface area contributed by atoms with Gasteiger partial charge in [0.25, 0.3) is 5.91 Å². The van der Waals surface area contributed by atoms with Crippen molar-refractivity contribution in [3.8, 4) is 0 Å². The lowest BCUT2D eigenvalue weighted by molar-refractivity contribution is -0.152. The normalized spacial score (nSPS) is 18.6. The molecule has 1 aromatic carbocycles. The largest absolute Gasteiger partial charge is 0.467 e. The number of fused-ring (bicyclic) bond motifs is 1. The molecule has 0 bridgehead atoms. The van der Waals surface area contributed by atoms with Gasteiger partial charge in [0.2, 0.25) is 0 Å². The van der Waals surface area contributed by atoms with E-state index in [0.717, 1.165) is 10.4 Å². The first-order valence-electron chi connectivity index (χ1n) is 8.70. The summed E-state index contributed by atoms with van der Waals surface area (Å²) in [6, 6.07) is 14.8. The number of ether oxygens (including phenoxy) is 1. The number of hydrogen-bond acceptors (Lipinski definition) is 5. The van der Waals surface area contributed by atoms with Crippen molar-refractivity contribution in [3.63, 3.8) is 0 Å². The topological polar surface area (TPSA) is 59.8 Å². The minimum Gasteiger partial charge on any atom is -0.467 e. The molecule has 0 saturated heterocycles. The number of carbonyl (C=O) groups is 2. The van der Waals surface area contributed by atoms with Crippen molar-refractivity contribution < 1.29 is 18.7 Å². The first-order chi connectivity index (χ1) is 13.0. The Morgan fingerprint density at radius 3 is 2.74 bits per heavy atom. The van der Waals surface area contributed by atoms with Gasteiger partial charge in [-0.25, -0.2) is 4.79 Å². The molecule has 1 atom stereocenters. The van der Waals surface area contributed by atoms with E-state index in [2.05, 4.69) is 0 Å². The number of hydrogen-bond donors (Lipinski definition) is 0. The van der Waals surface area contributed by atoms with Crippen LogP contribution >= 0.6 is 11.3 Å². The maximum absolute atomic E-state index is 13.4. The molecule has 1 amide bonds. The molecule has 138 valence electrons. The van der Waals surface area contributed by atoms with E-state index in [1.165, 1.54) is 0 Å². The summed E-state index contributed by atoms with van der Waals surface area (Å²) >= 11 is 1.58. The molecule has 2 aromatic heterocycles. The summed E-state index contributed by atoms with van der Waals surface area (Å²) in [5.41, 5.74) is 0.118. The van der Waals surface area contributed by atoms with Crippen molar-refractivity contribution in [2.45, 2.75) is 32.0 Å². The first-order valence-corrected chi connectivity index (χ1v) is 9.58. The maximum Gasteiger partial charge on any atom is 0.339 e. The van der Waals surface area contributed by atoms with Crippen LogP contribution in [0.4, 0.5) is 0 Å². The number of amides is 1. The Kier molecular flexibility index (Phi) is 4.58. The number of carbonyl (C=O) groups excluding carboxylic acids is 2. The van der Waals surface area contributed by atoms with Gasteiger partial charge >= 0.3 is 5.97 Å². The zero-order valence-electron chi connectivity index (χ0n) is 14.9. The van der Waals surface area contributed by atoms with Crippen LogP contribution in [-0.4, -0.2) is 22.4 Å². The molecule has 0 aliphatic carbocycles. The average Bonchev–Trinajstić information content (AvgIpc) is 3.34. The van der Waals surface area contributed by atoms with Gasteiger partial charge in [0.1, 0.15) is 5.76 Å². The Labute approximate surface area is 161 Å². The van der Waals surface area contributed by atoms with Gasteiger partial charge in [-0.15, -0.1) is 11.3 Å². The van der Waals surface area contributed by atoms with E-state index in [1.54, 1.807) is 47.6 Å². The van der Waals surface area contributed by atoms with Crippen molar-refractivity contribution >= 4 is 23.2 Å². The molecular formula is C21H19NO4S. The number of nitrogens with zero attached hydrogens (tertiary/aromatic N) is 1. The van der Waals surface area contributed by atoms with E-state index < -0.39 is 11.6 Å². The molecule has 0 radical (unpaired) electrons. The van der Waals surface area contributed by atoms with Gasteiger partial charge in [-0.05, 0) is 42.1 Å². The standard InChI is InChI=1S/C21H19NO4S/c1-21(12-15-6-2-3-9-18(15)19(23)26-21)20(24)22(13-16-7-4-10-25-16)14-17-8-5-11-27-17/h2-11H,12-14H2,1H3. The second kappa shape index (κ2) is 7.04. The number of esters is 1. The predicted molar refractivity (Wildman–Crippen MR) is 101 cm³/mol. The third-order valence-corrected chi connectivity index (χ3v) is 5.54. The minimum atomic E-state index is -1.24. The van der Waals surface area contributed by atoms with E-state index in [-0.39, 0.29) is 5.91 Å². The molecule has 1 aliphatic heterocycles. The van der Waals surface area contributed by atoms with E-state index in [1.807, 2.05) is 35.7 Å². The number of cyclic esters (lactones) is 1. The Morgan fingerprint density at radius 2 is 2.00 bits per heavy atom. The highest BCUT2D eigenvalue weighted by molar-refractivity contribution is 7.09. The molecule has 0 fully saturated rings. The number of thiophene rings is 1. The predicted octanol–water partition coefficient (Wildman–Crippen LogP) is 4.04. The highest BCUT2D eigenvalue weighted by atomic mass is 32.1. The molecule has 6 heteroatoms. The summed E-state index contributed by atoms with van der Waals surface area (Å²) in [5, 5.41) is 1.98. The minimum absolute atomic E-state index is 0.227. The summed E-state index contributed by atoms with van der Waals surface area (Å²) in [6.45, 7) is 2.44. The van der Waals surface area contributed by atoms with Crippen LogP contribution in [0.5, 0.6) is 0 Å². The van der Waals surface area contributed by atoms with Crippen LogP contribution in [0.15, 0.2) is 64.6 Å². The second-order valence-electron chi connectivity index (χ2n) is 6.77. The van der Waals surface area contributed by atoms with Gasteiger partial charge in [-0.2, -0.15) is 0 Å². The molecule has 1 aliphatic rings. The molecule has 3 heterocycles. The van der Waals surface area contributed by atoms with Crippen molar-refractivity contribution in [2.24, 2.45) is 0 Å². The quantitative estimate of drug-likeness (QED) is 0.626. The Hall–Kier alpha value is -2.86. The van der Waals surface area contributed by atoms with Crippen molar-refractivity contribution in [1.82, 2.24) is 4.90 Å². The lowest BCUT2D eigenvalue weighted by atomic mass is 9.89. The average molecular weight is 381 g/mol. The zero-order chi connectivity index (χ0) is 18.9. The summed E-state index contributed by atoms with van der Waals surface area (Å²) in [6.07, 6.45) is 1.94.